The standard InChI is InChI=1S/C14H28N2O3.C6H15NS/c1-5-8-16(7-3)14(18)12(9-11(4)6-2)10-13(17)15-19;1-6(2,3)7(4)8-5/h11-12,19H,5-10H2,1-4H3,(H,15,17);1-5H3/t11?,12-;/m1./s1. The smallest absolute Gasteiger partial charge is 0.244 e. The van der Waals surface area contributed by atoms with Crippen molar-refractivity contribution < 1.29 is 14.8 Å². The highest BCUT2D eigenvalue weighted by Crippen LogP contribution is 2.21. The Morgan fingerprint density at radius 3 is 2.04 bits per heavy atom. The Bertz CT molecular complexity index is 414. The number of hydrogen-bond donors (Lipinski definition) is 2. The first-order chi connectivity index (χ1) is 12.5. The van der Waals surface area contributed by atoms with Crippen molar-refractivity contribution in [3.05, 3.63) is 0 Å². The molecule has 27 heavy (non-hydrogen) atoms. The van der Waals surface area contributed by atoms with Gasteiger partial charge < -0.3 is 4.90 Å². The summed E-state index contributed by atoms with van der Waals surface area (Å²) in [6, 6.07) is 0. The van der Waals surface area contributed by atoms with Crippen LogP contribution in [0.1, 0.15) is 74.1 Å². The van der Waals surface area contributed by atoms with Gasteiger partial charge in [0.1, 0.15) is 0 Å². The second kappa shape index (κ2) is 15.2. The molecule has 0 aromatic carbocycles. The molecule has 0 aromatic heterocycles. The van der Waals surface area contributed by atoms with Crippen molar-refractivity contribution in [3.8, 4) is 0 Å². The lowest BCUT2D eigenvalue weighted by Crippen LogP contribution is -2.39. The molecule has 0 heterocycles. The molecule has 7 heteroatoms. The minimum atomic E-state index is -0.491. The van der Waals surface area contributed by atoms with Crippen LogP contribution in [0.4, 0.5) is 0 Å². The van der Waals surface area contributed by atoms with Crippen LogP contribution in [0, 0.1) is 11.8 Å². The molecule has 0 fully saturated rings. The van der Waals surface area contributed by atoms with Gasteiger partial charge in [-0.15, -0.1) is 0 Å². The maximum Gasteiger partial charge on any atom is 0.244 e. The Kier molecular flexibility index (Phi) is 16.0. The van der Waals surface area contributed by atoms with Gasteiger partial charge in [0, 0.05) is 31.0 Å². The summed E-state index contributed by atoms with van der Waals surface area (Å²) in [5, 5.41) is 8.63. The van der Waals surface area contributed by atoms with Crippen LogP contribution in [-0.2, 0) is 9.59 Å². The molecule has 1 unspecified atom stereocenters. The first kappa shape index (κ1) is 28.4. The molecule has 0 aromatic rings. The van der Waals surface area contributed by atoms with Crippen LogP contribution in [0.2, 0.25) is 0 Å². The summed E-state index contributed by atoms with van der Waals surface area (Å²) in [5.74, 6) is -0.420. The molecule has 2 atom stereocenters. The van der Waals surface area contributed by atoms with Crippen LogP contribution in [0.5, 0.6) is 0 Å². The number of amides is 2. The molecule has 2 N–H and O–H groups in total. The molecule has 0 aliphatic rings. The second-order valence-electron chi connectivity index (χ2n) is 7.95. The van der Waals surface area contributed by atoms with Crippen molar-refractivity contribution in [2.45, 2.75) is 79.7 Å². The second-order valence-corrected chi connectivity index (χ2v) is 8.87. The summed E-state index contributed by atoms with van der Waals surface area (Å²) >= 11 is 1.77. The highest BCUT2D eigenvalue weighted by Gasteiger charge is 2.26. The van der Waals surface area contributed by atoms with Crippen molar-refractivity contribution in [1.29, 1.82) is 0 Å². The predicted octanol–water partition coefficient (Wildman–Crippen LogP) is 4.19. The number of hydrogen-bond acceptors (Lipinski definition) is 5. The lowest BCUT2D eigenvalue weighted by molar-refractivity contribution is -0.141. The number of carbonyl (C=O) groups is 2. The molecule has 6 nitrogen and oxygen atoms in total. The quantitative estimate of drug-likeness (QED) is 0.324. The Morgan fingerprint density at radius 2 is 1.74 bits per heavy atom. The van der Waals surface area contributed by atoms with Crippen molar-refractivity contribution in [3.63, 3.8) is 0 Å². The minimum Gasteiger partial charge on any atom is -0.343 e. The minimum absolute atomic E-state index is 0.0215. The number of rotatable bonds is 10. The van der Waals surface area contributed by atoms with E-state index in [-0.39, 0.29) is 18.2 Å². The van der Waals surface area contributed by atoms with E-state index in [1.54, 1.807) is 22.3 Å². The van der Waals surface area contributed by atoms with Crippen LogP contribution >= 0.6 is 11.9 Å². The van der Waals surface area contributed by atoms with Crippen LogP contribution < -0.4 is 5.48 Å². The summed E-state index contributed by atoms with van der Waals surface area (Å²) in [6.45, 7) is 16.1. The Labute approximate surface area is 171 Å². The van der Waals surface area contributed by atoms with E-state index in [2.05, 4.69) is 52.2 Å². The van der Waals surface area contributed by atoms with Gasteiger partial charge in [0.2, 0.25) is 11.8 Å². The third-order valence-corrected chi connectivity index (χ3v) is 5.79. The van der Waals surface area contributed by atoms with Gasteiger partial charge in [-0.05, 0) is 59.8 Å². The molecule has 0 spiro atoms. The highest BCUT2D eigenvalue weighted by molar-refractivity contribution is 7.96. The monoisotopic (exact) mass is 405 g/mol. The van der Waals surface area contributed by atoms with Crippen LogP contribution in [0.15, 0.2) is 0 Å². The van der Waals surface area contributed by atoms with E-state index in [0.29, 0.717) is 31.0 Å². The molecule has 2 amide bonds. The Morgan fingerprint density at radius 1 is 1.19 bits per heavy atom. The van der Waals surface area contributed by atoms with E-state index in [9.17, 15) is 9.59 Å². The fourth-order valence-electron chi connectivity index (χ4n) is 2.42. The van der Waals surface area contributed by atoms with Crippen molar-refractivity contribution in [2.75, 3.05) is 26.4 Å². The normalized spacial score (nSPS) is 13.4. The largest absolute Gasteiger partial charge is 0.343 e. The van der Waals surface area contributed by atoms with Crippen molar-refractivity contribution >= 4 is 23.8 Å². The van der Waals surface area contributed by atoms with Gasteiger partial charge in [0.15, 0.2) is 0 Å². The third-order valence-electron chi connectivity index (χ3n) is 4.70. The molecule has 0 saturated carbocycles. The topological polar surface area (TPSA) is 72.9 Å². The zero-order valence-electron chi connectivity index (χ0n) is 19.0. The molecule has 0 saturated heterocycles. The van der Waals surface area contributed by atoms with Crippen LogP contribution in [0.3, 0.4) is 0 Å². The SMILES string of the molecule is CCCN(CC)C(=O)[C@@H](CC(=O)NO)CC(C)CC.CSN(C)C(C)(C)C. The molecule has 0 radical (unpaired) electrons. The van der Waals surface area contributed by atoms with Gasteiger partial charge in [-0.1, -0.05) is 39.1 Å². The number of nitrogens with zero attached hydrogens (tertiary/aromatic N) is 2. The van der Waals surface area contributed by atoms with Gasteiger partial charge in [-0.25, -0.2) is 9.79 Å². The molecule has 0 aliphatic carbocycles. The van der Waals surface area contributed by atoms with Gasteiger partial charge in [0.25, 0.3) is 0 Å². The first-order valence-corrected chi connectivity index (χ1v) is 11.2. The fraction of sp³-hybridized carbons (Fsp3) is 0.900. The molecule has 162 valence electrons. The number of hydroxylamine groups is 1. The van der Waals surface area contributed by atoms with E-state index in [0.717, 1.165) is 12.8 Å². The molecule has 0 bridgehead atoms. The van der Waals surface area contributed by atoms with Gasteiger partial charge in [-0.3, -0.25) is 14.8 Å². The lowest BCUT2D eigenvalue weighted by Gasteiger charge is -2.28. The lowest BCUT2D eigenvalue weighted by atomic mass is 9.90. The van der Waals surface area contributed by atoms with E-state index >= 15 is 0 Å². The average molecular weight is 406 g/mol. The predicted molar refractivity (Wildman–Crippen MR) is 116 cm³/mol. The molecule has 0 rings (SSSR count). The zero-order chi connectivity index (χ0) is 21.6. The number of nitrogens with one attached hydrogen (secondary N) is 1. The van der Waals surface area contributed by atoms with Crippen molar-refractivity contribution in [2.24, 2.45) is 11.8 Å². The third kappa shape index (κ3) is 13.1. The molecule has 0 aliphatic heterocycles. The van der Waals surface area contributed by atoms with E-state index < -0.39 is 5.91 Å². The molecular weight excluding hydrogens is 362 g/mol. The van der Waals surface area contributed by atoms with Crippen LogP contribution in [0.25, 0.3) is 0 Å². The van der Waals surface area contributed by atoms with Gasteiger partial charge in [0.05, 0.1) is 0 Å². The maximum atomic E-state index is 12.4. The van der Waals surface area contributed by atoms with Crippen molar-refractivity contribution in [1.82, 2.24) is 14.7 Å². The number of carbonyl (C=O) groups excluding carboxylic acids is 2. The summed E-state index contributed by atoms with van der Waals surface area (Å²) in [6.07, 6.45) is 4.71. The maximum absolute atomic E-state index is 12.4. The summed E-state index contributed by atoms with van der Waals surface area (Å²) in [7, 11) is 2.10. The highest BCUT2D eigenvalue weighted by atomic mass is 32.2. The van der Waals surface area contributed by atoms with Crippen LogP contribution in [-0.4, -0.2) is 58.2 Å². The Hall–Kier alpha value is -0.790. The summed E-state index contributed by atoms with van der Waals surface area (Å²) in [5.41, 5.74) is 1.93. The Balaban J connectivity index is 0. The summed E-state index contributed by atoms with van der Waals surface area (Å²) in [4.78, 5) is 25.6. The van der Waals surface area contributed by atoms with Gasteiger partial charge >= 0.3 is 0 Å². The van der Waals surface area contributed by atoms with E-state index in [4.69, 9.17) is 5.21 Å². The fourth-order valence-corrected chi connectivity index (χ4v) is 2.97. The summed E-state index contributed by atoms with van der Waals surface area (Å²) < 4.78 is 2.23. The van der Waals surface area contributed by atoms with E-state index in [1.165, 1.54) is 0 Å². The zero-order valence-corrected chi connectivity index (χ0v) is 19.8. The average Bonchev–Trinajstić information content (AvgIpc) is 2.63. The van der Waals surface area contributed by atoms with Gasteiger partial charge in [-0.2, -0.15) is 0 Å². The first-order valence-electron chi connectivity index (χ1n) is 9.97. The molecular formula is C20H43N3O3S. The van der Waals surface area contributed by atoms with E-state index in [1.807, 2.05) is 13.8 Å².